The van der Waals surface area contributed by atoms with E-state index in [0.29, 0.717) is 23.2 Å². The highest BCUT2D eigenvalue weighted by Gasteiger charge is 2.75. The normalized spacial score (nSPS) is 54.4. The van der Waals surface area contributed by atoms with Crippen molar-refractivity contribution in [3.8, 4) is 0 Å². The molecule has 110 valence electrons. The van der Waals surface area contributed by atoms with E-state index in [-0.39, 0.29) is 5.54 Å². The third kappa shape index (κ3) is 1.50. The molecule has 2 N–H and O–H groups in total. The van der Waals surface area contributed by atoms with Crippen LogP contribution in [0.2, 0.25) is 0 Å². The van der Waals surface area contributed by atoms with E-state index in [1.165, 1.54) is 19.3 Å². The Hall–Kier alpha value is 0.150. The van der Waals surface area contributed by atoms with E-state index >= 15 is 0 Å². The Morgan fingerprint density at radius 2 is 1.79 bits per heavy atom. The van der Waals surface area contributed by atoms with Crippen molar-refractivity contribution in [2.75, 3.05) is 13.3 Å². The van der Waals surface area contributed by atoms with Crippen molar-refractivity contribution in [3.05, 3.63) is 0 Å². The van der Waals surface area contributed by atoms with Crippen LogP contribution < -0.4 is 10.6 Å². The predicted molar refractivity (Wildman–Crippen MR) is 76.1 cm³/mol. The standard InChI is InChI=1S/C13H25N3O2S/c1-9-11(2,3)15-10(14-9)12-6-13(7-12,8-12)16(4)19(5)17-18-19/h9-10,14-15H,6-8H2,1-5H3/t9-,10?,12?,13?/m0/s1. The van der Waals surface area contributed by atoms with Crippen LogP contribution in [0.25, 0.3) is 0 Å². The summed E-state index contributed by atoms with van der Waals surface area (Å²) in [5.41, 5.74) is 1.000. The monoisotopic (exact) mass is 287 g/mol. The lowest BCUT2D eigenvalue weighted by Gasteiger charge is -2.75. The largest absolute Gasteiger partial charge is 0.297 e. The summed E-state index contributed by atoms with van der Waals surface area (Å²) in [4.78, 5) is 0. The van der Waals surface area contributed by atoms with Gasteiger partial charge in [0.1, 0.15) is 0 Å². The first-order chi connectivity index (χ1) is 8.72. The second-order valence-corrected chi connectivity index (χ2v) is 9.96. The fraction of sp³-hybridized carbons (Fsp3) is 1.00. The second kappa shape index (κ2) is 3.31. The van der Waals surface area contributed by atoms with E-state index in [2.05, 4.69) is 49.0 Å². The van der Waals surface area contributed by atoms with Crippen LogP contribution in [0, 0.1) is 5.41 Å². The molecule has 2 heterocycles. The van der Waals surface area contributed by atoms with Gasteiger partial charge in [0.25, 0.3) is 0 Å². The maximum atomic E-state index is 5.19. The molecule has 2 atom stereocenters. The highest BCUT2D eigenvalue weighted by Crippen LogP contribution is 2.78. The van der Waals surface area contributed by atoms with Crippen LogP contribution >= 0.6 is 10.8 Å². The first-order valence-electron chi connectivity index (χ1n) is 7.15. The smallest absolute Gasteiger partial charge is 0.0639 e. The first-order valence-corrected chi connectivity index (χ1v) is 9.00. The van der Waals surface area contributed by atoms with Crippen LogP contribution in [0.4, 0.5) is 0 Å². The van der Waals surface area contributed by atoms with E-state index in [4.69, 9.17) is 8.67 Å². The zero-order valence-corrected chi connectivity index (χ0v) is 13.3. The van der Waals surface area contributed by atoms with Crippen molar-refractivity contribution in [1.29, 1.82) is 0 Å². The van der Waals surface area contributed by atoms with E-state index in [1.54, 1.807) is 0 Å². The van der Waals surface area contributed by atoms with Crippen LogP contribution in [0.15, 0.2) is 0 Å². The van der Waals surface area contributed by atoms with Crippen LogP contribution in [0.3, 0.4) is 0 Å². The van der Waals surface area contributed by atoms with Crippen molar-refractivity contribution in [3.63, 3.8) is 0 Å². The summed E-state index contributed by atoms with van der Waals surface area (Å²) in [5, 5.41) is 7.54. The van der Waals surface area contributed by atoms with Gasteiger partial charge >= 0.3 is 0 Å². The van der Waals surface area contributed by atoms with Gasteiger partial charge in [-0.1, -0.05) is 19.4 Å². The third-order valence-electron chi connectivity index (χ3n) is 6.10. The zero-order chi connectivity index (χ0) is 13.7. The molecule has 0 aromatic carbocycles. The maximum Gasteiger partial charge on any atom is 0.0639 e. The fourth-order valence-corrected chi connectivity index (χ4v) is 5.66. The minimum atomic E-state index is -1.32. The molecule has 5 nitrogen and oxygen atoms in total. The molecule has 0 radical (unpaired) electrons. The number of hydrogen-bond acceptors (Lipinski definition) is 5. The van der Waals surface area contributed by atoms with Crippen molar-refractivity contribution in [1.82, 2.24) is 14.9 Å². The highest BCUT2D eigenvalue weighted by molar-refractivity contribution is 8.26. The molecule has 1 unspecified atom stereocenters. The molecule has 5 rings (SSSR count). The number of nitrogens with one attached hydrogen (secondary N) is 2. The SMILES string of the molecule is C[C@@H]1NC(C23CC(N(C)S4(C)OO4)(C2)C3)NC1(C)C. The average molecular weight is 287 g/mol. The van der Waals surface area contributed by atoms with Gasteiger partial charge in [-0.15, -0.1) is 0 Å². The lowest BCUT2D eigenvalue weighted by atomic mass is 9.38. The van der Waals surface area contributed by atoms with Crippen LogP contribution in [0.5, 0.6) is 0 Å². The zero-order valence-electron chi connectivity index (χ0n) is 12.4. The van der Waals surface area contributed by atoms with Gasteiger partial charge in [0.05, 0.1) is 6.17 Å². The van der Waals surface area contributed by atoms with Gasteiger partial charge in [0.15, 0.2) is 0 Å². The molecule has 0 amide bonds. The Morgan fingerprint density at radius 1 is 1.21 bits per heavy atom. The van der Waals surface area contributed by atoms with Gasteiger partial charge in [-0.05, 0) is 40.0 Å². The Kier molecular flexibility index (Phi) is 2.24. The van der Waals surface area contributed by atoms with Crippen LogP contribution in [0.1, 0.15) is 40.0 Å². The molecule has 3 saturated carbocycles. The predicted octanol–water partition coefficient (Wildman–Crippen LogP) is 1.67. The van der Waals surface area contributed by atoms with Gasteiger partial charge in [-0.2, -0.15) is 4.31 Å². The molecule has 2 aliphatic heterocycles. The van der Waals surface area contributed by atoms with Crippen molar-refractivity contribution < 1.29 is 8.67 Å². The van der Waals surface area contributed by atoms with Crippen molar-refractivity contribution in [2.24, 2.45) is 5.41 Å². The molecule has 2 saturated heterocycles. The third-order valence-corrected chi connectivity index (χ3v) is 8.01. The molecule has 2 bridgehead atoms. The Balaban J connectivity index is 1.43. The van der Waals surface area contributed by atoms with E-state index < -0.39 is 10.8 Å². The molecule has 5 fully saturated rings. The maximum absolute atomic E-state index is 5.19. The Bertz CT molecular complexity index is 418. The average Bonchev–Trinajstić information content (AvgIpc) is 2.86. The van der Waals surface area contributed by atoms with Crippen molar-refractivity contribution >= 4 is 10.8 Å². The first kappa shape index (κ1) is 12.9. The Morgan fingerprint density at radius 3 is 2.21 bits per heavy atom. The van der Waals surface area contributed by atoms with Crippen LogP contribution in [-0.4, -0.2) is 40.9 Å². The summed E-state index contributed by atoms with van der Waals surface area (Å²) in [6.07, 6.45) is 6.34. The molecule has 19 heavy (non-hydrogen) atoms. The number of rotatable bonds is 3. The molecular weight excluding hydrogens is 262 g/mol. The Labute approximate surface area is 117 Å². The minimum absolute atomic E-state index is 0.194. The quantitative estimate of drug-likeness (QED) is 0.611. The summed E-state index contributed by atoms with van der Waals surface area (Å²) in [6.45, 7) is 6.85. The van der Waals surface area contributed by atoms with E-state index in [1.807, 2.05) is 0 Å². The van der Waals surface area contributed by atoms with Gasteiger partial charge in [-0.25, -0.2) is 0 Å². The lowest BCUT2D eigenvalue weighted by Crippen LogP contribution is -2.79. The number of hydrogen-bond donors (Lipinski definition) is 2. The highest BCUT2D eigenvalue weighted by atomic mass is 32.3. The second-order valence-electron chi connectivity index (χ2n) is 7.67. The van der Waals surface area contributed by atoms with Gasteiger partial charge in [-0.3, -0.25) is 10.6 Å². The summed E-state index contributed by atoms with van der Waals surface area (Å²) in [7, 11) is 0.835. The molecule has 6 heteroatoms. The summed E-state index contributed by atoms with van der Waals surface area (Å²) in [6, 6.07) is 0.526. The summed E-state index contributed by atoms with van der Waals surface area (Å²) < 4.78 is 12.7. The summed E-state index contributed by atoms with van der Waals surface area (Å²) >= 11 is 0. The molecule has 0 aromatic rings. The van der Waals surface area contributed by atoms with Crippen LogP contribution in [-0.2, 0) is 8.67 Å². The minimum Gasteiger partial charge on any atom is -0.297 e. The molecule has 0 aromatic heterocycles. The van der Waals surface area contributed by atoms with E-state index in [0.717, 1.165) is 0 Å². The lowest BCUT2D eigenvalue weighted by molar-refractivity contribution is -0.206. The summed E-state index contributed by atoms with van der Waals surface area (Å²) in [5.74, 6) is 0. The van der Waals surface area contributed by atoms with Gasteiger partial charge in [0.2, 0.25) is 0 Å². The molecule has 0 spiro atoms. The van der Waals surface area contributed by atoms with Crippen molar-refractivity contribution in [2.45, 2.75) is 63.3 Å². The molecular formula is C13H25N3O2S. The molecule has 3 aliphatic carbocycles. The molecule has 5 aliphatic rings. The van der Waals surface area contributed by atoms with Gasteiger partial charge < -0.3 is 0 Å². The van der Waals surface area contributed by atoms with E-state index in [9.17, 15) is 0 Å². The van der Waals surface area contributed by atoms with Gasteiger partial charge in [0, 0.05) is 35.8 Å². The fourth-order valence-electron chi connectivity index (χ4n) is 4.26. The topological polar surface area (TPSA) is 52.4 Å². The number of nitrogens with zero attached hydrogens (tertiary/aromatic N) is 1.